The second-order valence-electron chi connectivity index (χ2n) is 6.72. The lowest BCUT2D eigenvalue weighted by Crippen LogP contribution is -2.45. The molecule has 0 radical (unpaired) electrons. The van der Waals surface area contributed by atoms with Gasteiger partial charge in [-0.1, -0.05) is 12.1 Å². The van der Waals surface area contributed by atoms with Crippen LogP contribution < -0.4 is 5.32 Å². The SMILES string of the molecule is CC(C(=O)Nc1sc2c(c1C#N)CCCC2)N1C(=O)c2ccccc2C1=O. The van der Waals surface area contributed by atoms with Gasteiger partial charge in [-0.3, -0.25) is 19.3 Å². The van der Waals surface area contributed by atoms with Crippen molar-refractivity contribution in [2.45, 2.75) is 38.6 Å². The maximum atomic E-state index is 12.8. The smallest absolute Gasteiger partial charge is 0.262 e. The third kappa shape index (κ3) is 2.73. The molecule has 0 fully saturated rings. The van der Waals surface area contributed by atoms with Crippen LogP contribution in [0.1, 0.15) is 56.5 Å². The predicted molar refractivity (Wildman–Crippen MR) is 101 cm³/mol. The molecule has 136 valence electrons. The van der Waals surface area contributed by atoms with Gasteiger partial charge in [-0.25, -0.2) is 0 Å². The maximum Gasteiger partial charge on any atom is 0.262 e. The fourth-order valence-electron chi connectivity index (χ4n) is 3.67. The molecule has 1 aromatic heterocycles. The molecule has 1 aliphatic heterocycles. The average Bonchev–Trinajstić information content (AvgIpc) is 3.16. The molecular formula is C20H17N3O3S. The zero-order valence-electron chi connectivity index (χ0n) is 14.7. The number of hydrogen-bond acceptors (Lipinski definition) is 5. The summed E-state index contributed by atoms with van der Waals surface area (Å²) in [6.07, 6.45) is 3.88. The number of rotatable bonds is 3. The molecule has 3 amide bonds. The fourth-order valence-corrected chi connectivity index (χ4v) is 4.91. The third-order valence-electron chi connectivity index (χ3n) is 5.11. The van der Waals surface area contributed by atoms with Gasteiger partial charge in [0.25, 0.3) is 11.8 Å². The van der Waals surface area contributed by atoms with Gasteiger partial charge in [-0.2, -0.15) is 5.26 Å². The highest BCUT2D eigenvalue weighted by molar-refractivity contribution is 7.16. The summed E-state index contributed by atoms with van der Waals surface area (Å²) in [5.41, 5.74) is 2.16. The van der Waals surface area contributed by atoms with Crippen LogP contribution in [0.25, 0.3) is 0 Å². The Morgan fingerprint density at radius 3 is 2.44 bits per heavy atom. The van der Waals surface area contributed by atoms with E-state index in [1.807, 2.05) is 0 Å². The quantitative estimate of drug-likeness (QED) is 0.830. The van der Waals surface area contributed by atoms with E-state index < -0.39 is 23.8 Å². The summed E-state index contributed by atoms with van der Waals surface area (Å²) in [5.74, 6) is -1.41. The van der Waals surface area contributed by atoms with Crippen molar-refractivity contribution in [3.8, 4) is 6.07 Å². The Bertz CT molecular complexity index is 983. The lowest BCUT2D eigenvalue weighted by Gasteiger charge is -2.21. The van der Waals surface area contributed by atoms with Crippen molar-refractivity contribution in [3.63, 3.8) is 0 Å². The Morgan fingerprint density at radius 1 is 1.19 bits per heavy atom. The molecule has 1 aromatic carbocycles. The first-order chi connectivity index (χ1) is 13.0. The van der Waals surface area contributed by atoms with Gasteiger partial charge in [0.1, 0.15) is 17.1 Å². The first-order valence-corrected chi connectivity index (χ1v) is 9.67. The topological polar surface area (TPSA) is 90.3 Å². The Hall–Kier alpha value is -2.98. The van der Waals surface area contributed by atoms with Crippen LogP contribution in [0.15, 0.2) is 24.3 Å². The molecule has 2 heterocycles. The molecule has 27 heavy (non-hydrogen) atoms. The predicted octanol–water partition coefficient (Wildman–Crippen LogP) is 3.12. The number of aryl methyl sites for hydroxylation is 1. The molecule has 0 saturated heterocycles. The van der Waals surface area contributed by atoms with Crippen molar-refractivity contribution in [2.24, 2.45) is 0 Å². The van der Waals surface area contributed by atoms with Gasteiger partial charge < -0.3 is 5.32 Å². The zero-order chi connectivity index (χ0) is 19.1. The number of anilines is 1. The summed E-state index contributed by atoms with van der Waals surface area (Å²) >= 11 is 1.42. The van der Waals surface area contributed by atoms with E-state index in [2.05, 4.69) is 11.4 Å². The van der Waals surface area contributed by atoms with E-state index >= 15 is 0 Å². The van der Waals surface area contributed by atoms with Crippen molar-refractivity contribution in [2.75, 3.05) is 5.32 Å². The molecule has 4 rings (SSSR count). The van der Waals surface area contributed by atoms with Crippen LogP contribution in [-0.4, -0.2) is 28.7 Å². The molecule has 0 saturated carbocycles. The van der Waals surface area contributed by atoms with Crippen LogP contribution in [0.5, 0.6) is 0 Å². The van der Waals surface area contributed by atoms with Gasteiger partial charge in [0.05, 0.1) is 16.7 Å². The normalized spacial score (nSPS) is 16.5. The Morgan fingerprint density at radius 2 is 1.81 bits per heavy atom. The van der Waals surface area contributed by atoms with Crippen molar-refractivity contribution >= 4 is 34.1 Å². The van der Waals surface area contributed by atoms with Crippen LogP contribution in [0.4, 0.5) is 5.00 Å². The minimum absolute atomic E-state index is 0.312. The number of fused-ring (bicyclic) bond motifs is 2. The lowest BCUT2D eigenvalue weighted by atomic mass is 9.96. The van der Waals surface area contributed by atoms with Gasteiger partial charge in [0, 0.05) is 4.88 Å². The van der Waals surface area contributed by atoms with E-state index in [4.69, 9.17) is 0 Å². The van der Waals surface area contributed by atoms with Crippen molar-refractivity contribution in [1.82, 2.24) is 4.90 Å². The second kappa shape index (κ2) is 6.63. The number of carbonyl (C=O) groups is 3. The monoisotopic (exact) mass is 379 g/mol. The summed E-state index contributed by atoms with van der Waals surface area (Å²) in [6, 6.07) is 7.77. The van der Waals surface area contributed by atoms with Crippen LogP contribution in [-0.2, 0) is 17.6 Å². The number of hydrogen-bond donors (Lipinski definition) is 1. The van der Waals surface area contributed by atoms with Gasteiger partial charge in [-0.05, 0) is 50.3 Å². The Labute approximate surface area is 160 Å². The van der Waals surface area contributed by atoms with Crippen molar-refractivity contribution in [3.05, 3.63) is 51.4 Å². The zero-order valence-corrected chi connectivity index (χ0v) is 15.6. The summed E-state index contributed by atoms with van der Waals surface area (Å²) in [5, 5.41) is 12.8. The molecule has 0 bridgehead atoms. The third-order valence-corrected chi connectivity index (χ3v) is 6.32. The molecule has 1 unspecified atom stereocenters. The standard InChI is InChI=1S/C20H17N3O3S/c1-11(23-19(25)13-7-2-3-8-14(13)20(23)26)17(24)22-18-15(10-21)12-6-4-5-9-16(12)27-18/h2-3,7-8,11H,4-6,9H2,1H3,(H,22,24). The van der Waals surface area contributed by atoms with E-state index in [-0.39, 0.29) is 0 Å². The molecule has 2 aliphatic rings. The van der Waals surface area contributed by atoms with E-state index in [1.165, 1.54) is 18.3 Å². The average molecular weight is 379 g/mol. The number of benzene rings is 1. The molecule has 6 nitrogen and oxygen atoms in total. The van der Waals surface area contributed by atoms with Crippen LogP contribution in [0.3, 0.4) is 0 Å². The Kier molecular flexibility index (Phi) is 4.28. The summed E-state index contributed by atoms with van der Waals surface area (Å²) in [4.78, 5) is 40.0. The number of imide groups is 1. The highest BCUT2D eigenvalue weighted by atomic mass is 32.1. The van der Waals surface area contributed by atoms with Gasteiger partial charge in [0.2, 0.25) is 5.91 Å². The largest absolute Gasteiger partial charge is 0.315 e. The summed E-state index contributed by atoms with van der Waals surface area (Å²) in [7, 11) is 0. The second-order valence-corrected chi connectivity index (χ2v) is 7.82. The van der Waals surface area contributed by atoms with Crippen LogP contribution in [0.2, 0.25) is 0 Å². The first-order valence-electron chi connectivity index (χ1n) is 8.85. The van der Waals surface area contributed by atoms with Crippen LogP contribution in [0, 0.1) is 11.3 Å². The number of thiophene rings is 1. The lowest BCUT2D eigenvalue weighted by molar-refractivity contribution is -0.119. The van der Waals surface area contributed by atoms with Crippen LogP contribution >= 0.6 is 11.3 Å². The van der Waals surface area contributed by atoms with E-state index in [0.717, 1.165) is 41.0 Å². The van der Waals surface area contributed by atoms with E-state index in [1.54, 1.807) is 24.3 Å². The van der Waals surface area contributed by atoms with Crippen molar-refractivity contribution in [1.29, 1.82) is 5.26 Å². The number of nitriles is 1. The molecule has 7 heteroatoms. The minimum Gasteiger partial charge on any atom is -0.315 e. The number of carbonyl (C=O) groups excluding carboxylic acids is 3. The number of amides is 3. The molecule has 1 aliphatic carbocycles. The number of nitrogens with zero attached hydrogens (tertiary/aromatic N) is 2. The molecule has 1 atom stereocenters. The Balaban J connectivity index is 1.58. The maximum absolute atomic E-state index is 12.8. The molecule has 1 N–H and O–H groups in total. The van der Waals surface area contributed by atoms with Gasteiger partial charge in [0.15, 0.2) is 0 Å². The molecule has 2 aromatic rings. The highest BCUT2D eigenvalue weighted by Gasteiger charge is 2.40. The van der Waals surface area contributed by atoms with E-state index in [0.29, 0.717) is 21.7 Å². The summed E-state index contributed by atoms with van der Waals surface area (Å²) in [6.45, 7) is 1.52. The molecule has 0 spiro atoms. The fraction of sp³-hybridized carbons (Fsp3) is 0.300. The summed E-state index contributed by atoms with van der Waals surface area (Å²) < 4.78 is 0. The van der Waals surface area contributed by atoms with E-state index in [9.17, 15) is 19.6 Å². The first kappa shape index (κ1) is 17.4. The minimum atomic E-state index is -0.969. The van der Waals surface area contributed by atoms with Crippen molar-refractivity contribution < 1.29 is 14.4 Å². The van der Waals surface area contributed by atoms with Gasteiger partial charge in [-0.15, -0.1) is 11.3 Å². The molecular weight excluding hydrogens is 362 g/mol. The highest BCUT2D eigenvalue weighted by Crippen LogP contribution is 2.38. The van der Waals surface area contributed by atoms with Gasteiger partial charge >= 0.3 is 0 Å². The number of nitrogens with one attached hydrogen (secondary N) is 1.